The Bertz CT molecular complexity index is 968. The largest absolute Gasteiger partial charge is 0.492 e. The third-order valence-corrected chi connectivity index (χ3v) is 5.68. The number of aryl methyl sites for hydroxylation is 1. The van der Waals surface area contributed by atoms with Crippen LogP contribution in [0.5, 0.6) is 5.75 Å². The Kier molecular flexibility index (Phi) is 9.07. The fourth-order valence-electron chi connectivity index (χ4n) is 3.83. The summed E-state index contributed by atoms with van der Waals surface area (Å²) in [5.41, 5.74) is 10.6. The number of hydrogen-bond acceptors (Lipinski definition) is 6. The van der Waals surface area contributed by atoms with E-state index in [9.17, 15) is 0 Å². The van der Waals surface area contributed by atoms with Gasteiger partial charge in [-0.2, -0.15) is 4.98 Å². The molecular weight excluding hydrogens is 410 g/mol. The molecule has 3 N–H and O–H groups in total. The first kappa shape index (κ1) is 24.5. The quantitative estimate of drug-likeness (QED) is 0.404. The van der Waals surface area contributed by atoms with E-state index in [1.165, 1.54) is 5.56 Å². The zero-order valence-corrected chi connectivity index (χ0v) is 20.3. The second-order valence-electron chi connectivity index (χ2n) is 8.72. The van der Waals surface area contributed by atoms with Crippen molar-refractivity contribution in [3.63, 3.8) is 0 Å². The summed E-state index contributed by atoms with van der Waals surface area (Å²) in [5, 5.41) is 3.34. The number of benzene rings is 2. The molecule has 0 saturated heterocycles. The summed E-state index contributed by atoms with van der Waals surface area (Å²) in [7, 11) is 2.11. The number of nitrogens with zero attached hydrogens (tertiary/aromatic N) is 3. The summed E-state index contributed by atoms with van der Waals surface area (Å²) in [6, 6.07) is 19.0. The standard InChI is InChI=1S/C27H37N5O/c1-5-9-20(2)29-27-30-21(3)25(26(28)31-27)18-22-12-14-24(15-13-22)33-17-16-32(4)19-23-10-7-6-8-11-23/h6-8,10-15,20H,5,9,16-19H2,1-4H3,(H3,28,29,30,31). The molecule has 3 aromatic rings. The number of likely N-dealkylation sites (N-methyl/N-ethyl adjacent to an activating group) is 1. The molecule has 1 heterocycles. The molecule has 0 aliphatic carbocycles. The highest BCUT2D eigenvalue weighted by atomic mass is 16.5. The Hall–Kier alpha value is -3.12. The highest BCUT2D eigenvalue weighted by molar-refractivity contribution is 5.49. The molecule has 3 rings (SSSR count). The highest BCUT2D eigenvalue weighted by Crippen LogP contribution is 2.22. The first-order chi connectivity index (χ1) is 15.9. The number of aromatic nitrogens is 2. The number of ether oxygens (including phenoxy) is 1. The maximum absolute atomic E-state index is 6.28. The average Bonchev–Trinajstić information content (AvgIpc) is 2.78. The SMILES string of the molecule is CCCC(C)Nc1nc(C)c(Cc2ccc(OCCN(C)Cc3ccccc3)cc2)c(N)n1. The Morgan fingerprint density at radius 3 is 2.42 bits per heavy atom. The molecule has 6 nitrogen and oxygen atoms in total. The molecule has 0 spiro atoms. The van der Waals surface area contributed by atoms with E-state index in [-0.39, 0.29) is 0 Å². The number of nitrogen functional groups attached to an aromatic ring is 1. The predicted octanol–water partition coefficient (Wildman–Crippen LogP) is 5.07. The topological polar surface area (TPSA) is 76.3 Å². The predicted molar refractivity (Wildman–Crippen MR) is 137 cm³/mol. The first-order valence-corrected chi connectivity index (χ1v) is 11.8. The zero-order chi connectivity index (χ0) is 23.6. The molecule has 0 aliphatic heterocycles. The van der Waals surface area contributed by atoms with Crippen LogP contribution in [0.2, 0.25) is 0 Å². The number of anilines is 2. The van der Waals surface area contributed by atoms with Crippen LogP contribution < -0.4 is 15.8 Å². The van der Waals surface area contributed by atoms with Gasteiger partial charge in [-0.15, -0.1) is 0 Å². The smallest absolute Gasteiger partial charge is 0.225 e. The van der Waals surface area contributed by atoms with Crippen molar-refractivity contribution in [2.24, 2.45) is 0 Å². The number of rotatable bonds is 12. The van der Waals surface area contributed by atoms with Gasteiger partial charge < -0.3 is 15.8 Å². The Labute approximate surface area is 198 Å². The van der Waals surface area contributed by atoms with Crippen LogP contribution >= 0.6 is 0 Å². The van der Waals surface area contributed by atoms with Gasteiger partial charge in [0.05, 0.1) is 0 Å². The number of hydrogen-bond donors (Lipinski definition) is 2. The third-order valence-electron chi connectivity index (χ3n) is 5.68. The lowest BCUT2D eigenvalue weighted by Crippen LogP contribution is -2.23. The van der Waals surface area contributed by atoms with E-state index in [2.05, 4.69) is 77.5 Å². The summed E-state index contributed by atoms with van der Waals surface area (Å²) < 4.78 is 5.94. The minimum absolute atomic E-state index is 0.324. The molecule has 0 radical (unpaired) electrons. The minimum atomic E-state index is 0.324. The molecule has 0 aliphatic rings. The van der Waals surface area contributed by atoms with E-state index in [1.54, 1.807) is 0 Å². The van der Waals surface area contributed by atoms with Crippen LogP contribution in [0.25, 0.3) is 0 Å². The molecule has 1 atom stereocenters. The van der Waals surface area contributed by atoms with Crippen LogP contribution in [-0.2, 0) is 13.0 Å². The molecule has 1 unspecified atom stereocenters. The monoisotopic (exact) mass is 447 g/mol. The van der Waals surface area contributed by atoms with Gasteiger partial charge >= 0.3 is 0 Å². The van der Waals surface area contributed by atoms with E-state index in [0.29, 0.717) is 30.8 Å². The van der Waals surface area contributed by atoms with Crippen molar-refractivity contribution in [3.05, 3.63) is 77.0 Å². The Morgan fingerprint density at radius 2 is 1.76 bits per heavy atom. The summed E-state index contributed by atoms with van der Waals surface area (Å²) in [4.78, 5) is 11.4. The molecule has 33 heavy (non-hydrogen) atoms. The van der Waals surface area contributed by atoms with Crippen molar-refractivity contribution < 1.29 is 4.74 Å². The molecule has 176 valence electrons. The zero-order valence-electron chi connectivity index (χ0n) is 20.3. The van der Waals surface area contributed by atoms with Gasteiger partial charge in [-0.1, -0.05) is 55.8 Å². The first-order valence-electron chi connectivity index (χ1n) is 11.8. The van der Waals surface area contributed by atoms with E-state index < -0.39 is 0 Å². The highest BCUT2D eigenvalue weighted by Gasteiger charge is 2.12. The maximum Gasteiger partial charge on any atom is 0.225 e. The molecule has 6 heteroatoms. The molecular formula is C27H37N5O. The summed E-state index contributed by atoms with van der Waals surface area (Å²) in [6.45, 7) is 8.72. The van der Waals surface area contributed by atoms with Gasteiger partial charge in [0.2, 0.25) is 5.95 Å². The van der Waals surface area contributed by atoms with E-state index in [1.807, 2.05) is 25.1 Å². The van der Waals surface area contributed by atoms with Crippen LogP contribution in [0, 0.1) is 6.92 Å². The van der Waals surface area contributed by atoms with Gasteiger partial charge in [-0.3, -0.25) is 4.90 Å². The van der Waals surface area contributed by atoms with Gasteiger partial charge in [-0.05, 0) is 50.6 Å². The van der Waals surface area contributed by atoms with E-state index in [4.69, 9.17) is 10.5 Å². The van der Waals surface area contributed by atoms with Gasteiger partial charge in [0.25, 0.3) is 0 Å². The van der Waals surface area contributed by atoms with Crippen LogP contribution in [0.4, 0.5) is 11.8 Å². The second kappa shape index (κ2) is 12.2. The van der Waals surface area contributed by atoms with Gasteiger partial charge in [0.1, 0.15) is 18.2 Å². The summed E-state index contributed by atoms with van der Waals surface area (Å²) in [6.07, 6.45) is 2.88. The molecule has 0 saturated carbocycles. The normalized spacial score (nSPS) is 12.0. The van der Waals surface area contributed by atoms with Crippen LogP contribution in [0.15, 0.2) is 54.6 Å². The van der Waals surface area contributed by atoms with Crippen molar-refractivity contribution in [1.82, 2.24) is 14.9 Å². The molecule has 0 fully saturated rings. The van der Waals surface area contributed by atoms with Gasteiger partial charge in [0, 0.05) is 36.8 Å². The van der Waals surface area contributed by atoms with E-state index >= 15 is 0 Å². The Balaban J connectivity index is 1.51. The van der Waals surface area contributed by atoms with Crippen molar-refractivity contribution in [2.75, 3.05) is 31.2 Å². The molecule has 1 aromatic heterocycles. The third kappa shape index (κ3) is 7.75. The molecule has 2 aromatic carbocycles. The van der Waals surface area contributed by atoms with E-state index in [0.717, 1.165) is 48.5 Å². The van der Waals surface area contributed by atoms with Gasteiger partial charge in [-0.25, -0.2) is 4.98 Å². The molecule has 0 bridgehead atoms. The summed E-state index contributed by atoms with van der Waals surface area (Å²) in [5.74, 6) is 2.02. The van der Waals surface area contributed by atoms with Crippen molar-refractivity contribution in [1.29, 1.82) is 0 Å². The average molecular weight is 448 g/mol. The van der Waals surface area contributed by atoms with Gasteiger partial charge in [0.15, 0.2) is 0 Å². The van der Waals surface area contributed by atoms with Crippen molar-refractivity contribution in [3.8, 4) is 5.75 Å². The fraction of sp³-hybridized carbons (Fsp3) is 0.407. The van der Waals surface area contributed by atoms with Crippen molar-refractivity contribution in [2.45, 2.75) is 52.6 Å². The maximum atomic E-state index is 6.28. The van der Waals surface area contributed by atoms with Crippen molar-refractivity contribution >= 4 is 11.8 Å². The number of nitrogens with two attached hydrogens (primary N) is 1. The fourth-order valence-corrected chi connectivity index (χ4v) is 3.83. The second-order valence-corrected chi connectivity index (χ2v) is 8.72. The molecule has 0 amide bonds. The van der Waals surface area contributed by atoms with Crippen LogP contribution in [-0.4, -0.2) is 41.1 Å². The lowest BCUT2D eigenvalue weighted by molar-refractivity contribution is 0.233. The lowest BCUT2D eigenvalue weighted by Gasteiger charge is -2.17. The van der Waals surface area contributed by atoms with Crippen LogP contribution in [0.3, 0.4) is 0 Å². The lowest BCUT2D eigenvalue weighted by atomic mass is 10.0. The Morgan fingerprint density at radius 1 is 1.03 bits per heavy atom. The van der Waals surface area contributed by atoms with Crippen LogP contribution in [0.1, 0.15) is 49.1 Å². The minimum Gasteiger partial charge on any atom is -0.492 e. The number of nitrogens with one attached hydrogen (secondary N) is 1. The summed E-state index contributed by atoms with van der Waals surface area (Å²) >= 11 is 0.